The highest BCUT2D eigenvalue weighted by Gasteiger charge is 2.62. The van der Waals surface area contributed by atoms with Crippen LogP contribution in [-0.2, 0) is 0 Å². The van der Waals surface area contributed by atoms with E-state index in [9.17, 15) is 4.79 Å². The van der Waals surface area contributed by atoms with Crippen LogP contribution in [0.15, 0.2) is 45.6 Å². The summed E-state index contributed by atoms with van der Waals surface area (Å²) < 4.78 is 6.63. The Balaban J connectivity index is 1.28. The molecule has 4 heterocycles. The first-order valence-corrected chi connectivity index (χ1v) is 12.2. The Morgan fingerprint density at radius 3 is 2.50 bits per heavy atom. The summed E-state index contributed by atoms with van der Waals surface area (Å²) >= 11 is 7.70. The van der Waals surface area contributed by atoms with Gasteiger partial charge in [-0.25, -0.2) is 9.78 Å². The van der Waals surface area contributed by atoms with E-state index in [1.807, 2.05) is 24.3 Å². The van der Waals surface area contributed by atoms with Gasteiger partial charge in [0, 0.05) is 29.6 Å². The second-order valence-electron chi connectivity index (χ2n) is 9.48. The Morgan fingerprint density at radius 1 is 1.06 bits per heavy atom. The number of likely N-dealkylation sites (N-methyl/N-ethyl adjacent to an activating group) is 1. The zero-order valence-corrected chi connectivity index (χ0v) is 19.2. The van der Waals surface area contributed by atoms with Gasteiger partial charge in [0.15, 0.2) is 0 Å². The van der Waals surface area contributed by atoms with Gasteiger partial charge in [-0.2, -0.15) is 4.98 Å². The fourth-order valence-electron chi connectivity index (χ4n) is 5.26. The fraction of sp³-hybridized carbons (Fsp3) is 0.375. The topological polar surface area (TPSA) is 62.5 Å². The molecule has 7 rings (SSSR count). The van der Waals surface area contributed by atoms with Gasteiger partial charge in [0.05, 0.1) is 15.3 Å². The molecule has 6 nitrogen and oxygen atoms in total. The highest BCUT2D eigenvalue weighted by molar-refractivity contribution is 7.21. The van der Waals surface area contributed by atoms with Crippen molar-refractivity contribution in [2.24, 2.45) is 0 Å². The van der Waals surface area contributed by atoms with Gasteiger partial charge in [0.2, 0.25) is 5.71 Å². The molecule has 0 N–H and O–H groups in total. The number of nitrogens with zero attached hydrogens (tertiary/aromatic N) is 4. The summed E-state index contributed by atoms with van der Waals surface area (Å²) in [6.07, 6.45) is 5.00. The second-order valence-corrected chi connectivity index (χ2v) is 10.9. The number of halogens is 1. The van der Waals surface area contributed by atoms with Crippen molar-refractivity contribution in [1.29, 1.82) is 0 Å². The van der Waals surface area contributed by atoms with Crippen molar-refractivity contribution in [3.05, 3.63) is 51.8 Å². The summed E-state index contributed by atoms with van der Waals surface area (Å²) in [4.78, 5) is 27.2. The smallest absolute Gasteiger partial charge is 0.347 e. The van der Waals surface area contributed by atoms with E-state index in [4.69, 9.17) is 21.0 Å². The number of hydrogen-bond acceptors (Lipinski definition) is 7. The molecule has 0 unspecified atom stereocenters. The van der Waals surface area contributed by atoms with Gasteiger partial charge in [-0.3, -0.25) is 4.90 Å². The monoisotopic (exact) mass is 464 g/mol. The minimum Gasteiger partial charge on any atom is -0.403 e. The number of para-hydroxylation sites is 1. The van der Waals surface area contributed by atoms with Gasteiger partial charge < -0.3 is 9.32 Å². The van der Waals surface area contributed by atoms with Gasteiger partial charge in [0.1, 0.15) is 16.3 Å². The van der Waals surface area contributed by atoms with E-state index in [1.54, 1.807) is 6.07 Å². The summed E-state index contributed by atoms with van der Waals surface area (Å²) in [5.74, 6) is 0.894. The molecule has 2 saturated carbocycles. The predicted octanol–water partition coefficient (Wildman–Crippen LogP) is 4.94. The molecule has 0 atom stereocenters. The Bertz CT molecular complexity index is 1450. The van der Waals surface area contributed by atoms with Crippen LogP contribution in [0.1, 0.15) is 25.7 Å². The molecule has 1 aromatic carbocycles. The fourth-order valence-corrected chi connectivity index (χ4v) is 6.53. The molecule has 3 aliphatic rings. The Hall–Kier alpha value is -2.48. The van der Waals surface area contributed by atoms with Crippen LogP contribution in [0.25, 0.3) is 31.9 Å². The minimum atomic E-state index is -0.423. The summed E-state index contributed by atoms with van der Waals surface area (Å²) in [7, 11) is 2.29. The molecular formula is C24H21ClN4O2S. The molecule has 0 radical (unpaired) electrons. The number of rotatable bonds is 2. The number of aromatic nitrogens is 2. The number of fused-ring (bicyclic) bond motifs is 2. The Morgan fingerprint density at radius 2 is 1.81 bits per heavy atom. The lowest BCUT2D eigenvalue weighted by Crippen LogP contribution is -2.60. The van der Waals surface area contributed by atoms with Gasteiger partial charge in [-0.15, -0.1) is 11.3 Å². The highest BCUT2D eigenvalue weighted by Crippen LogP contribution is 2.56. The van der Waals surface area contributed by atoms with Gasteiger partial charge >= 0.3 is 5.63 Å². The molecule has 4 aromatic rings. The largest absolute Gasteiger partial charge is 0.403 e. The molecule has 3 fully saturated rings. The zero-order valence-electron chi connectivity index (χ0n) is 17.6. The van der Waals surface area contributed by atoms with Crippen molar-refractivity contribution in [3.63, 3.8) is 0 Å². The normalized spacial score (nSPS) is 21.1. The second kappa shape index (κ2) is 6.31. The van der Waals surface area contributed by atoms with E-state index in [1.165, 1.54) is 37.0 Å². The maximum atomic E-state index is 12.9. The molecular weight excluding hydrogens is 444 g/mol. The van der Waals surface area contributed by atoms with Crippen LogP contribution in [0.4, 0.5) is 5.82 Å². The van der Waals surface area contributed by atoms with Crippen molar-refractivity contribution in [3.8, 4) is 10.6 Å². The lowest BCUT2D eigenvalue weighted by Gasteiger charge is -2.47. The van der Waals surface area contributed by atoms with Crippen LogP contribution in [0.2, 0.25) is 5.02 Å². The molecule has 0 bridgehead atoms. The Kier molecular flexibility index (Phi) is 3.75. The number of anilines is 1. The van der Waals surface area contributed by atoms with Crippen LogP contribution in [0, 0.1) is 0 Å². The van der Waals surface area contributed by atoms with E-state index in [2.05, 4.69) is 27.9 Å². The molecule has 162 valence electrons. The molecule has 3 aromatic heterocycles. The molecule has 1 saturated heterocycles. The van der Waals surface area contributed by atoms with Crippen molar-refractivity contribution in [2.45, 2.75) is 36.8 Å². The lowest BCUT2D eigenvalue weighted by atomic mass is 10.0. The number of pyridine rings is 1. The number of thiazole rings is 1. The average molecular weight is 465 g/mol. The highest BCUT2D eigenvalue weighted by atomic mass is 35.5. The minimum absolute atomic E-state index is 0.296. The summed E-state index contributed by atoms with van der Waals surface area (Å²) in [6.45, 7) is 1.97. The SMILES string of the molecule is CN1C2(CC2)CN(c2ccc3cc(-c4nc5c(Cl)cccc5s4)c(=O)oc3n2)CC12CC2. The molecule has 32 heavy (non-hydrogen) atoms. The molecule has 8 heteroatoms. The van der Waals surface area contributed by atoms with Crippen molar-refractivity contribution < 1.29 is 4.42 Å². The van der Waals surface area contributed by atoms with E-state index >= 15 is 0 Å². The third kappa shape index (κ3) is 2.71. The van der Waals surface area contributed by atoms with Crippen molar-refractivity contribution in [1.82, 2.24) is 14.9 Å². The zero-order chi connectivity index (χ0) is 21.7. The number of benzene rings is 1. The van der Waals surface area contributed by atoms with Gasteiger partial charge in [-0.1, -0.05) is 17.7 Å². The van der Waals surface area contributed by atoms with Crippen LogP contribution in [0.3, 0.4) is 0 Å². The number of piperazine rings is 1. The van der Waals surface area contributed by atoms with Crippen LogP contribution < -0.4 is 10.5 Å². The standard InChI is InChI=1S/C24H21ClN4O2S/c1-28-23(7-8-23)12-29(13-24(28)9-10-24)18-6-5-14-11-15(22(30)31-20(14)26-18)21-27-19-16(25)3-2-4-17(19)32-21/h2-6,11H,7-10,12-13H2,1H3. The first-order chi connectivity index (χ1) is 15.5. The first kappa shape index (κ1) is 19.0. The Labute approximate surface area is 193 Å². The maximum Gasteiger partial charge on any atom is 0.347 e. The van der Waals surface area contributed by atoms with Crippen molar-refractivity contribution in [2.75, 3.05) is 25.0 Å². The van der Waals surface area contributed by atoms with Crippen LogP contribution in [0.5, 0.6) is 0 Å². The van der Waals surface area contributed by atoms with E-state index < -0.39 is 5.63 Å². The predicted molar refractivity (Wildman–Crippen MR) is 128 cm³/mol. The summed E-state index contributed by atoms with van der Waals surface area (Å²) in [5, 5.41) is 1.99. The molecule has 0 amide bonds. The van der Waals surface area contributed by atoms with E-state index in [-0.39, 0.29) is 0 Å². The molecule has 2 spiro atoms. The average Bonchev–Trinajstić information content (AvgIpc) is 3.69. The first-order valence-electron chi connectivity index (χ1n) is 11.0. The lowest BCUT2D eigenvalue weighted by molar-refractivity contribution is 0.111. The van der Waals surface area contributed by atoms with Crippen LogP contribution >= 0.6 is 22.9 Å². The summed E-state index contributed by atoms with van der Waals surface area (Å²) in [5.41, 5.74) is 1.70. The van der Waals surface area contributed by atoms with Gasteiger partial charge in [-0.05, 0) is 63.1 Å². The molecule has 2 aliphatic carbocycles. The quantitative estimate of drug-likeness (QED) is 0.419. The number of hydrogen-bond donors (Lipinski definition) is 0. The van der Waals surface area contributed by atoms with E-state index in [0.29, 0.717) is 37.9 Å². The summed E-state index contributed by atoms with van der Waals surface area (Å²) in [6, 6.07) is 11.5. The maximum absolute atomic E-state index is 12.9. The van der Waals surface area contributed by atoms with Gasteiger partial charge in [0.25, 0.3) is 0 Å². The molecule has 1 aliphatic heterocycles. The van der Waals surface area contributed by atoms with E-state index in [0.717, 1.165) is 29.0 Å². The third-order valence-electron chi connectivity index (χ3n) is 7.56. The third-order valence-corrected chi connectivity index (χ3v) is 8.91. The van der Waals surface area contributed by atoms with Crippen LogP contribution in [-0.4, -0.2) is 46.1 Å². The van der Waals surface area contributed by atoms with Crippen molar-refractivity contribution >= 4 is 50.1 Å².